The van der Waals surface area contributed by atoms with Gasteiger partial charge in [-0.05, 0) is 161 Å². The van der Waals surface area contributed by atoms with Crippen LogP contribution in [0.5, 0.6) is 23.0 Å². The molecule has 0 fully saturated rings. The first-order valence-electron chi connectivity index (χ1n) is 38.2. The monoisotopic (exact) mass is 1430 g/mol. The van der Waals surface area contributed by atoms with E-state index in [2.05, 4.69) is 370 Å². The summed E-state index contributed by atoms with van der Waals surface area (Å²) in [6, 6.07) is 144. The third-order valence-electron chi connectivity index (χ3n) is 23.3. The van der Waals surface area contributed by atoms with E-state index in [1.54, 1.807) is 0 Å². The van der Waals surface area contributed by atoms with Crippen LogP contribution in [-0.2, 0) is 10.8 Å². The molecule has 22 rings (SSSR count). The lowest BCUT2D eigenvalue weighted by Crippen LogP contribution is -2.32. The largest absolute Gasteiger partial charge is 0.457 e. The molecule has 0 amide bonds. The summed E-state index contributed by atoms with van der Waals surface area (Å²) in [4.78, 5) is 21.3. The molecule has 112 heavy (non-hydrogen) atoms. The molecule has 2 aliphatic heterocycles. The van der Waals surface area contributed by atoms with Gasteiger partial charge < -0.3 is 9.47 Å². The van der Waals surface area contributed by atoms with E-state index in [0.717, 1.165) is 157 Å². The van der Waals surface area contributed by atoms with Gasteiger partial charge in [-0.25, -0.2) is 19.9 Å². The normalized spacial score (nSPS) is 13.1. The van der Waals surface area contributed by atoms with Crippen molar-refractivity contribution in [3.63, 3.8) is 0 Å². The summed E-state index contributed by atoms with van der Waals surface area (Å²) < 4.78 is 14.1. The highest BCUT2D eigenvalue weighted by Gasteiger charge is 2.53. The van der Waals surface area contributed by atoms with Crippen LogP contribution in [0.15, 0.2) is 400 Å². The Morgan fingerprint density at radius 3 is 0.929 bits per heavy atom. The summed E-state index contributed by atoms with van der Waals surface area (Å²) in [5.41, 5.74) is 33.0. The molecule has 0 saturated heterocycles. The van der Waals surface area contributed by atoms with Gasteiger partial charge in [0.1, 0.15) is 23.0 Å². The fraction of sp³-hybridized carbons (Fsp3) is 0.0189. The van der Waals surface area contributed by atoms with Crippen LogP contribution in [0.3, 0.4) is 0 Å². The third-order valence-corrected chi connectivity index (χ3v) is 23.3. The smallest absolute Gasteiger partial charge is 0.160 e. The molecule has 4 aliphatic rings. The van der Waals surface area contributed by atoms with Crippen LogP contribution in [-0.4, -0.2) is 19.9 Å². The lowest BCUT2D eigenvalue weighted by Gasteiger charge is -2.40. The standard InChI is InChI=1S/C106H66N4O2/c1-4-27-68(28-5-1)95-65-97(76-34-26-33-73(61-76)77-35-10-11-36-78(77)74-56-59-101-93(63-74)105(91-49-24-25-50-99(91)111-101)87-45-20-16-40-82(87)83-41-17-21-46-88(83)105)109-104(107-95)71-53-51-67(52-54-71)72-55-58-100-92(62-72)106(89-47-22-18-42-84(89)85-43-19-23-48-90(85)106)94-64-75(57-60-102(94)112-100)79-37-12-13-38-80(79)81-39-14-15-44-86(81)98-66-96(69-29-6-2-7-30-69)108-103(110-98)70-31-8-3-9-32-70/h1-66H. The van der Waals surface area contributed by atoms with Crippen molar-refractivity contribution < 1.29 is 9.47 Å². The number of ether oxygens (including phenoxy) is 2. The molecule has 522 valence electrons. The van der Waals surface area contributed by atoms with Gasteiger partial charge in [0.25, 0.3) is 0 Å². The van der Waals surface area contributed by atoms with Crippen LogP contribution in [0.1, 0.15) is 44.5 Å². The number of para-hydroxylation sites is 1. The van der Waals surface area contributed by atoms with Gasteiger partial charge >= 0.3 is 0 Å². The average Bonchev–Trinajstić information content (AvgIpc) is 1.49. The van der Waals surface area contributed by atoms with Crippen LogP contribution in [0, 0.1) is 0 Å². The van der Waals surface area contributed by atoms with Gasteiger partial charge in [0.2, 0.25) is 0 Å². The average molecular weight is 1430 g/mol. The van der Waals surface area contributed by atoms with E-state index >= 15 is 0 Å². The number of aromatic nitrogens is 4. The number of fused-ring (bicyclic) bond motifs is 18. The van der Waals surface area contributed by atoms with Crippen molar-refractivity contribution in [2.75, 3.05) is 0 Å². The minimum atomic E-state index is -0.761. The van der Waals surface area contributed by atoms with Gasteiger partial charge in [0.05, 0.1) is 33.6 Å². The Kier molecular flexibility index (Phi) is 15.0. The molecule has 0 radical (unpaired) electrons. The molecule has 2 aliphatic carbocycles. The second kappa shape index (κ2) is 26.0. The number of hydrogen-bond donors (Lipinski definition) is 0. The highest BCUT2D eigenvalue weighted by Crippen LogP contribution is 2.65. The van der Waals surface area contributed by atoms with Gasteiger partial charge in [-0.15, -0.1) is 0 Å². The minimum Gasteiger partial charge on any atom is -0.457 e. The second-order valence-electron chi connectivity index (χ2n) is 29.3. The molecule has 6 heteroatoms. The summed E-state index contributed by atoms with van der Waals surface area (Å²) >= 11 is 0. The van der Waals surface area contributed by atoms with Gasteiger partial charge in [0.15, 0.2) is 11.6 Å². The van der Waals surface area contributed by atoms with E-state index in [9.17, 15) is 0 Å². The Labute approximate surface area is 649 Å². The number of nitrogens with zero attached hydrogens (tertiary/aromatic N) is 4. The Bertz CT molecular complexity index is 6680. The number of hydrogen-bond acceptors (Lipinski definition) is 6. The molecule has 0 N–H and O–H groups in total. The van der Waals surface area contributed by atoms with E-state index in [-0.39, 0.29) is 0 Å². The zero-order chi connectivity index (χ0) is 73.9. The van der Waals surface area contributed by atoms with Crippen LogP contribution < -0.4 is 9.47 Å². The van der Waals surface area contributed by atoms with Crippen molar-refractivity contribution in [1.29, 1.82) is 0 Å². The fourth-order valence-corrected chi connectivity index (χ4v) is 18.4. The van der Waals surface area contributed by atoms with Crippen molar-refractivity contribution >= 4 is 0 Å². The maximum absolute atomic E-state index is 7.22. The molecule has 2 spiro atoms. The Balaban J connectivity index is 0.627. The summed E-state index contributed by atoms with van der Waals surface area (Å²) in [6.45, 7) is 0. The fourth-order valence-electron chi connectivity index (χ4n) is 18.4. The lowest BCUT2D eigenvalue weighted by atomic mass is 9.65. The van der Waals surface area contributed by atoms with Crippen LogP contribution in [0.25, 0.3) is 146 Å². The predicted molar refractivity (Wildman–Crippen MR) is 452 cm³/mol. The summed E-state index contributed by atoms with van der Waals surface area (Å²) in [5.74, 6) is 4.68. The van der Waals surface area contributed by atoms with Gasteiger partial charge in [-0.1, -0.05) is 340 Å². The predicted octanol–water partition coefficient (Wildman–Crippen LogP) is 26.5. The highest BCUT2D eigenvalue weighted by molar-refractivity contribution is 5.96. The maximum atomic E-state index is 7.22. The van der Waals surface area contributed by atoms with Gasteiger partial charge in [-0.3, -0.25) is 0 Å². The molecule has 0 saturated carbocycles. The lowest BCUT2D eigenvalue weighted by molar-refractivity contribution is 0.436. The van der Waals surface area contributed by atoms with Gasteiger partial charge in [0, 0.05) is 55.6 Å². The van der Waals surface area contributed by atoms with Crippen molar-refractivity contribution in [1.82, 2.24) is 19.9 Å². The van der Waals surface area contributed by atoms with Crippen LogP contribution in [0.2, 0.25) is 0 Å². The van der Waals surface area contributed by atoms with Gasteiger partial charge in [-0.2, -0.15) is 0 Å². The highest BCUT2D eigenvalue weighted by atomic mass is 16.5. The first-order chi connectivity index (χ1) is 55.5. The first-order valence-corrected chi connectivity index (χ1v) is 38.2. The third kappa shape index (κ3) is 10.2. The first kappa shape index (κ1) is 64.5. The maximum Gasteiger partial charge on any atom is 0.160 e. The second-order valence-corrected chi connectivity index (χ2v) is 29.3. The summed E-state index contributed by atoms with van der Waals surface area (Å²) in [5, 5.41) is 0. The zero-order valence-electron chi connectivity index (χ0n) is 60.7. The Morgan fingerprint density at radius 2 is 0.438 bits per heavy atom. The summed E-state index contributed by atoms with van der Waals surface area (Å²) in [6.07, 6.45) is 0. The molecule has 4 heterocycles. The molecule has 0 bridgehead atoms. The molecular formula is C106H66N4O2. The van der Waals surface area contributed by atoms with Crippen molar-refractivity contribution in [2.24, 2.45) is 0 Å². The SMILES string of the molecule is c1ccc(-c2cc(-c3cccc(-c4ccccc4-c4ccc5c(c4)C4(c6ccccc6O5)c5ccccc5-c5ccccc54)c3)nc(-c3ccc(-c4ccc5c(c4)C4(c6cc(-c7ccccc7-c7ccccc7-c7cc(-c8ccccc8)nc(-c8ccccc8)n7)ccc6O5)c5ccccc5-c5ccccc54)cc3)n2)cc1. The van der Waals surface area contributed by atoms with Crippen molar-refractivity contribution in [3.05, 3.63) is 445 Å². The van der Waals surface area contributed by atoms with Crippen LogP contribution >= 0.6 is 0 Å². The minimum absolute atomic E-state index is 0.587. The van der Waals surface area contributed by atoms with Crippen molar-refractivity contribution in [3.8, 4) is 169 Å². The quantitative estimate of drug-likeness (QED) is 0.129. The van der Waals surface area contributed by atoms with Crippen LogP contribution in [0.4, 0.5) is 0 Å². The molecule has 2 aromatic heterocycles. The van der Waals surface area contributed by atoms with E-state index in [1.165, 1.54) is 44.5 Å². The number of rotatable bonds is 11. The zero-order valence-corrected chi connectivity index (χ0v) is 60.7. The Morgan fingerprint density at radius 1 is 0.152 bits per heavy atom. The molecule has 0 unspecified atom stereocenters. The van der Waals surface area contributed by atoms with E-state index in [0.29, 0.717) is 11.6 Å². The van der Waals surface area contributed by atoms with E-state index < -0.39 is 10.8 Å². The molecule has 0 atom stereocenters. The number of benzene rings is 16. The molecule has 16 aromatic carbocycles. The molecular weight excluding hydrogens is 1360 g/mol. The Hall–Kier alpha value is -14.7. The van der Waals surface area contributed by atoms with E-state index in [4.69, 9.17) is 29.4 Å². The van der Waals surface area contributed by atoms with Crippen molar-refractivity contribution in [2.45, 2.75) is 10.8 Å². The van der Waals surface area contributed by atoms with E-state index in [1.807, 2.05) is 30.3 Å². The summed E-state index contributed by atoms with van der Waals surface area (Å²) in [7, 11) is 0. The molecule has 18 aromatic rings. The topological polar surface area (TPSA) is 70.0 Å². The molecule has 6 nitrogen and oxygen atoms in total.